The van der Waals surface area contributed by atoms with Crippen LogP contribution in [0.4, 0.5) is 11.4 Å². The average Bonchev–Trinajstić information content (AvgIpc) is 3.17. The molecule has 5 rings (SSSR count). The first-order chi connectivity index (χ1) is 13.6. The fourth-order valence-corrected chi connectivity index (χ4v) is 4.06. The van der Waals surface area contributed by atoms with E-state index < -0.39 is 0 Å². The Balaban J connectivity index is 1.65. The predicted molar refractivity (Wildman–Crippen MR) is 116 cm³/mol. The van der Waals surface area contributed by atoms with Crippen molar-refractivity contribution in [1.82, 2.24) is 0 Å². The normalized spacial score (nSPS) is 17.3. The first-order valence-corrected chi connectivity index (χ1v) is 10.0. The minimum Gasteiger partial charge on any atom is -0.454 e. The summed E-state index contributed by atoms with van der Waals surface area (Å²) >= 11 is 2.23. The number of ether oxygens (including phenoxy) is 2. The van der Waals surface area contributed by atoms with Crippen LogP contribution in [0.25, 0.3) is 0 Å². The molecule has 0 saturated carbocycles. The number of hydrogen-bond acceptors (Lipinski definition) is 4. The number of hydrogen-bond donors (Lipinski definition) is 1. The monoisotopic (exact) mass is 484 g/mol. The maximum atomic E-state index is 13.5. The van der Waals surface area contributed by atoms with Crippen LogP contribution in [0.5, 0.6) is 11.5 Å². The second-order valence-electron chi connectivity index (χ2n) is 6.86. The quantitative estimate of drug-likeness (QED) is 0.515. The molecule has 3 aromatic carbocycles. The van der Waals surface area contributed by atoms with Gasteiger partial charge in [-0.25, -0.2) is 0 Å². The Labute approximate surface area is 176 Å². The number of anilines is 2. The van der Waals surface area contributed by atoms with Crippen molar-refractivity contribution in [3.63, 3.8) is 0 Å². The van der Waals surface area contributed by atoms with Gasteiger partial charge in [0.05, 0.1) is 5.56 Å². The largest absolute Gasteiger partial charge is 0.454 e. The molecule has 0 aliphatic carbocycles. The zero-order valence-corrected chi connectivity index (χ0v) is 17.3. The number of nitrogens with one attached hydrogen (secondary N) is 1. The van der Waals surface area contributed by atoms with Gasteiger partial charge in [0.15, 0.2) is 11.5 Å². The average molecular weight is 484 g/mol. The van der Waals surface area contributed by atoms with Crippen LogP contribution in [-0.4, -0.2) is 12.7 Å². The Kier molecular flexibility index (Phi) is 4.16. The summed E-state index contributed by atoms with van der Waals surface area (Å²) in [6, 6.07) is 19.7. The number of rotatable bonds is 2. The number of fused-ring (bicyclic) bond motifs is 2. The van der Waals surface area contributed by atoms with E-state index in [0.717, 1.165) is 31.8 Å². The number of nitrogens with zero attached hydrogens (tertiary/aromatic N) is 1. The van der Waals surface area contributed by atoms with Gasteiger partial charge in [-0.1, -0.05) is 23.8 Å². The fraction of sp³-hybridized carbons (Fsp3) is 0.136. The topological polar surface area (TPSA) is 50.8 Å². The van der Waals surface area contributed by atoms with Crippen molar-refractivity contribution >= 4 is 39.9 Å². The molecule has 2 aliphatic rings. The molecule has 0 fully saturated rings. The molecule has 0 spiro atoms. The molecule has 2 aliphatic heterocycles. The molecule has 2 heterocycles. The summed E-state index contributed by atoms with van der Waals surface area (Å²) in [7, 11) is 0. The minimum absolute atomic E-state index is 0.0289. The lowest BCUT2D eigenvalue weighted by Gasteiger charge is -2.38. The van der Waals surface area contributed by atoms with Gasteiger partial charge in [0, 0.05) is 14.9 Å². The number of amides is 1. The molecule has 1 N–H and O–H groups in total. The summed E-state index contributed by atoms with van der Waals surface area (Å²) in [5.41, 5.74) is 4.43. The van der Waals surface area contributed by atoms with Crippen LogP contribution < -0.4 is 19.7 Å². The SMILES string of the molecule is Cc1ccc(N2C(=O)c3cc(I)ccc3NC2c2ccc3c(c2)OCO3)cc1. The second-order valence-corrected chi connectivity index (χ2v) is 8.11. The van der Waals surface area contributed by atoms with Crippen molar-refractivity contribution in [1.29, 1.82) is 0 Å². The zero-order chi connectivity index (χ0) is 19.3. The summed E-state index contributed by atoms with van der Waals surface area (Å²) in [6.45, 7) is 2.26. The Bertz CT molecular complexity index is 1080. The first-order valence-electron chi connectivity index (χ1n) is 8.96. The summed E-state index contributed by atoms with van der Waals surface area (Å²) in [6.07, 6.45) is -0.350. The van der Waals surface area contributed by atoms with Crippen molar-refractivity contribution in [2.75, 3.05) is 17.0 Å². The molecule has 3 aromatic rings. The number of halogens is 1. The van der Waals surface area contributed by atoms with Gasteiger partial charge in [-0.3, -0.25) is 9.69 Å². The summed E-state index contributed by atoms with van der Waals surface area (Å²) < 4.78 is 12.0. The molecule has 1 amide bonds. The van der Waals surface area contributed by atoms with E-state index in [9.17, 15) is 4.79 Å². The van der Waals surface area contributed by atoms with Crippen LogP contribution >= 0.6 is 22.6 Å². The standard InChI is InChI=1S/C22H17IN2O3/c1-13-2-6-16(7-3-13)25-21(14-4-9-19-20(10-14)28-12-27-19)24-18-8-5-15(23)11-17(18)22(25)26/h2-11,21,24H,12H2,1H3. The van der Waals surface area contributed by atoms with Crippen molar-refractivity contribution in [2.45, 2.75) is 13.1 Å². The van der Waals surface area contributed by atoms with E-state index >= 15 is 0 Å². The summed E-state index contributed by atoms with van der Waals surface area (Å²) in [5, 5.41) is 3.53. The molecule has 0 bridgehead atoms. The van der Waals surface area contributed by atoms with Crippen LogP contribution in [0, 0.1) is 10.5 Å². The van der Waals surface area contributed by atoms with E-state index in [-0.39, 0.29) is 18.9 Å². The Morgan fingerprint density at radius 2 is 1.79 bits per heavy atom. The van der Waals surface area contributed by atoms with Crippen molar-refractivity contribution in [3.05, 3.63) is 80.9 Å². The molecule has 28 heavy (non-hydrogen) atoms. The lowest BCUT2D eigenvalue weighted by Crippen LogP contribution is -2.43. The maximum absolute atomic E-state index is 13.5. The van der Waals surface area contributed by atoms with Crippen LogP contribution in [0.2, 0.25) is 0 Å². The molecule has 0 radical (unpaired) electrons. The number of carbonyl (C=O) groups excluding carboxylic acids is 1. The van der Waals surface area contributed by atoms with E-state index in [2.05, 4.69) is 27.9 Å². The minimum atomic E-state index is -0.350. The lowest BCUT2D eigenvalue weighted by molar-refractivity contribution is 0.0974. The van der Waals surface area contributed by atoms with Gasteiger partial charge < -0.3 is 14.8 Å². The van der Waals surface area contributed by atoms with Gasteiger partial charge in [0.1, 0.15) is 6.17 Å². The van der Waals surface area contributed by atoms with Gasteiger partial charge in [0.2, 0.25) is 6.79 Å². The lowest BCUT2D eigenvalue weighted by atomic mass is 10.0. The third kappa shape index (κ3) is 2.88. The molecular formula is C22H17IN2O3. The van der Waals surface area contributed by atoms with Crippen LogP contribution in [0.1, 0.15) is 27.7 Å². The summed E-state index contributed by atoms with van der Waals surface area (Å²) in [4.78, 5) is 15.3. The van der Waals surface area contributed by atoms with Crippen LogP contribution in [-0.2, 0) is 0 Å². The van der Waals surface area contributed by atoms with E-state index in [4.69, 9.17) is 9.47 Å². The zero-order valence-electron chi connectivity index (χ0n) is 15.1. The molecule has 6 heteroatoms. The van der Waals surface area contributed by atoms with E-state index in [1.54, 1.807) is 4.90 Å². The first kappa shape index (κ1) is 17.4. The van der Waals surface area contributed by atoms with Crippen LogP contribution in [0.3, 0.4) is 0 Å². The Morgan fingerprint density at radius 1 is 1.00 bits per heavy atom. The second kappa shape index (κ2) is 6.70. The summed E-state index contributed by atoms with van der Waals surface area (Å²) in [5.74, 6) is 1.39. The number of carbonyl (C=O) groups is 1. The highest BCUT2D eigenvalue weighted by molar-refractivity contribution is 14.1. The highest BCUT2D eigenvalue weighted by atomic mass is 127. The molecule has 140 valence electrons. The highest BCUT2D eigenvalue weighted by Crippen LogP contribution is 2.40. The van der Waals surface area contributed by atoms with Crippen LogP contribution in [0.15, 0.2) is 60.7 Å². The van der Waals surface area contributed by atoms with Crippen molar-refractivity contribution in [3.8, 4) is 11.5 Å². The van der Waals surface area contributed by atoms with E-state index in [1.807, 2.05) is 67.6 Å². The van der Waals surface area contributed by atoms with Gasteiger partial charge in [-0.2, -0.15) is 0 Å². The third-order valence-electron chi connectivity index (χ3n) is 5.01. The maximum Gasteiger partial charge on any atom is 0.262 e. The van der Waals surface area contributed by atoms with Crippen molar-refractivity contribution in [2.24, 2.45) is 0 Å². The fourth-order valence-electron chi connectivity index (χ4n) is 3.57. The number of aryl methyl sites for hydroxylation is 1. The van der Waals surface area contributed by atoms with Crippen molar-refractivity contribution < 1.29 is 14.3 Å². The number of benzene rings is 3. The molecule has 0 saturated heterocycles. The molecule has 1 atom stereocenters. The molecule has 1 unspecified atom stereocenters. The highest BCUT2D eigenvalue weighted by Gasteiger charge is 2.35. The van der Waals surface area contributed by atoms with Gasteiger partial charge in [0.25, 0.3) is 5.91 Å². The molecular weight excluding hydrogens is 467 g/mol. The Hall–Kier alpha value is -2.74. The van der Waals surface area contributed by atoms with Gasteiger partial charge in [-0.05, 0) is 77.5 Å². The van der Waals surface area contributed by atoms with E-state index in [1.165, 1.54) is 0 Å². The molecule has 0 aromatic heterocycles. The van der Waals surface area contributed by atoms with Gasteiger partial charge >= 0.3 is 0 Å². The predicted octanol–water partition coefficient (Wildman–Crippen LogP) is 5.10. The van der Waals surface area contributed by atoms with E-state index in [0.29, 0.717) is 11.3 Å². The smallest absolute Gasteiger partial charge is 0.262 e. The Morgan fingerprint density at radius 3 is 2.61 bits per heavy atom. The van der Waals surface area contributed by atoms with Gasteiger partial charge in [-0.15, -0.1) is 0 Å². The third-order valence-corrected chi connectivity index (χ3v) is 5.68. The molecule has 5 nitrogen and oxygen atoms in total.